The van der Waals surface area contributed by atoms with Crippen LogP contribution in [0.2, 0.25) is 0 Å². The van der Waals surface area contributed by atoms with E-state index in [9.17, 15) is 0 Å². The van der Waals surface area contributed by atoms with Gasteiger partial charge < -0.3 is 15.0 Å². The minimum absolute atomic E-state index is 0.339. The smallest absolute Gasteiger partial charge is 0.230 e. The summed E-state index contributed by atoms with van der Waals surface area (Å²) in [5, 5.41) is 8.57. The van der Waals surface area contributed by atoms with E-state index in [0.717, 1.165) is 84.4 Å². The van der Waals surface area contributed by atoms with Crippen molar-refractivity contribution >= 4 is 28.6 Å². The molecule has 4 aromatic rings. The highest BCUT2D eigenvalue weighted by molar-refractivity contribution is 5.78. The zero-order valence-electron chi connectivity index (χ0n) is 19.7. The number of para-hydroxylation sites is 2. The molecule has 0 unspecified atom stereocenters. The van der Waals surface area contributed by atoms with Gasteiger partial charge in [0, 0.05) is 32.3 Å². The minimum atomic E-state index is 0.339. The molecule has 0 bridgehead atoms. The summed E-state index contributed by atoms with van der Waals surface area (Å²) in [6.07, 6.45) is 6.91. The van der Waals surface area contributed by atoms with E-state index < -0.39 is 0 Å². The Kier molecular flexibility index (Phi) is 5.49. The number of rotatable bonds is 5. The van der Waals surface area contributed by atoms with Gasteiger partial charge in [0.2, 0.25) is 11.9 Å². The van der Waals surface area contributed by atoms with Crippen LogP contribution < -0.4 is 10.2 Å². The Labute approximate surface area is 198 Å². The molecule has 0 atom stereocenters. The average Bonchev–Trinajstić information content (AvgIpc) is 3.54. The first-order valence-electron chi connectivity index (χ1n) is 12.2. The van der Waals surface area contributed by atoms with Crippen LogP contribution in [0.15, 0.2) is 30.3 Å². The Balaban J connectivity index is 1.41. The van der Waals surface area contributed by atoms with Crippen LogP contribution >= 0.6 is 0 Å². The van der Waals surface area contributed by atoms with Crippen LogP contribution in [0, 0.1) is 6.92 Å². The third kappa shape index (κ3) is 3.94. The molecule has 2 aliphatic rings. The van der Waals surface area contributed by atoms with E-state index in [-0.39, 0.29) is 0 Å². The Hall–Kier alpha value is -3.33. The van der Waals surface area contributed by atoms with Crippen LogP contribution in [0.1, 0.15) is 44.2 Å². The molecule has 1 aliphatic heterocycles. The molecule has 1 N–H and O–H groups in total. The van der Waals surface area contributed by atoms with Gasteiger partial charge in [0.05, 0.1) is 22.8 Å². The lowest BCUT2D eigenvalue weighted by molar-refractivity contribution is 0.0681. The summed E-state index contributed by atoms with van der Waals surface area (Å²) in [5.74, 6) is 1.51. The Bertz CT molecular complexity index is 1320. The summed E-state index contributed by atoms with van der Waals surface area (Å²) in [5.41, 5.74) is 4.90. The third-order valence-corrected chi connectivity index (χ3v) is 7.03. The first kappa shape index (κ1) is 21.2. The quantitative estimate of drug-likeness (QED) is 0.479. The lowest BCUT2D eigenvalue weighted by atomic mass is 9.93. The summed E-state index contributed by atoms with van der Waals surface area (Å²) in [7, 11) is 1.80. The van der Waals surface area contributed by atoms with Gasteiger partial charge in [-0.15, -0.1) is 0 Å². The Morgan fingerprint density at radius 1 is 0.941 bits per heavy atom. The van der Waals surface area contributed by atoms with Gasteiger partial charge in [0.25, 0.3) is 0 Å². The van der Waals surface area contributed by atoms with Crippen LogP contribution in [0.25, 0.3) is 28.1 Å². The molecule has 6 rings (SSSR count). The summed E-state index contributed by atoms with van der Waals surface area (Å²) >= 11 is 0. The van der Waals surface area contributed by atoms with E-state index in [1.807, 2.05) is 41.8 Å². The van der Waals surface area contributed by atoms with E-state index in [0.29, 0.717) is 12.1 Å². The number of benzene rings is 1. The van der Waals surface area contributed by atoms with Crippen molar-refractivity contribution in [1.29, 1.82) is 0 Å². The van der Waals surface area contributed by atoms with E-state index in [1.54, 1.807) is 7.11 Å². The molecule has 1 saturated heterocycles. The van der Waals surface area contributed by atoms with Crippen molar-refractivity contribution in [3.8, 4) is 11.4 Å². The fourth-order valence-corrected chi connectivity index (χ4v) is 5.10. The highest BCUT2D eigenvalue weighted by atomic mass is 16.5. The highest BCUT2D eigenvalue weighted by Gasteiger charge is 2.24. The van der Waals surface area contributed by atoms with Crippen molar-refractivity contribution < 1.29 is 4.74 Å². The number of nitrogens with one attached hydrogen (secondary N) is 1. The predicted molar refractivity (Wildman–Crippen MR) is 132 cm³/mol. The zero-order valence-corrected chi connectivity index (χ0v) is 19.7. The van der Waals surface area contributed by atoms with Gasteiger partial charge >= 0.3 is 0 Å². The van der Waals surface area contributed by atoms with Gasteiger partial charge in [-0.2, -0.15) is 19.6 Å². The van der Waals surface area contributed by atoms with Crippen molar-refractivity contribution in [3.63, 3.8) is 0 Å². The van der Waals surface area contributed by atoms with Crippen molar-refractivity contribution in [2.24, 2.45) is 0 Å². The number of fused-ring (bicyclic) bond motifs is 2. The maximum atomic E-state index is 5.55. The number of nitrogens with zero attached hydrogens (tertiary/aromatic N) is 7. The third-order valence-electron chi connectivity index (χ3n) is 7.03. The van der Waals surface area contributed by atoms with Gasteiger partial charge in [-0.25, -0.2) is 9.97 Å². The van der Waals surface area contributed by atoms with E-state index in [1.165, 1.54) is 12.8 Å². The molecule has 9 heteroatoms. The van der Waals surface area contributed by atoms with Gasteiger partial charge in [-0.3, -0.25) is 0 Å². The number of ether oxygens (including phenoxy) is 1. The first-order valence-corrected chi connectivity index (χ1v) is 12.2. The molecule has 4 heterocycles. The normalized spacial score (nSPS) is 20.9. The van der Waals surface area contributed by atoms with E-state index in [2.05, 4.69) is 10.2 Å². The summed E-state index contributed by atoms with van der Waals surface area (Å²) in [6.45, 7) is 3.96. The fourth-order valence-electron chi connectivity index (χ4n) is 5.10. The zero-order chi connectivity index (χ0) is 23.1. The van der Waals surface area contributed by atoms with Crippen molar-refractivity contribution in [1.82, 2.24) is 29.5 Å². The van der Waals surface area contributed by atoms with Crippen molar-refractivity contribution in [2.45, 2.75) is 57.6 Å². The molecule has 34 heavy (non-hydrogen) atoms. The summed E-state index contributed by atoms with van der Waals surface area (Å²) in [6, 6.07) is 10.3. The number of aromatic nitrogens is 6. The van der Waals surface area contributed by atoms with Crippen molar-refractivity contribution in [2.75, 3.05) is 30.4 Å². The maximum Gasteiger partial charge on any atom is 0.230 e. The molecule has 9 nitrogen and oxygen atoms in total. The molecule has 1 aromatic carbocycles. The number of hydrogen-bond donors (Lipinski definition) is 1. The Morgan fingerprint density at radius 2 is 1.68 bits per heavy atom. The van der Waals surface area contributed by atoms with Crippen LogP contribution in [-0.2, 0) is 4.74 Å². The second kappa shape index (κ2) is 8.79. The van der Waals surface area contributed by atoms with Gasteiger partial charge in [-0.05, 0) is 57.6 Å². The van der Waals surface area contributed by atoms with E-state index >= 15 is 0 Å². The molecular weight excluding hydrogens is 428 g/mol. The molecule has 3 aromatic heterocycles. The number of anilines is 2. The van der Waals surface area contributed by atoms with Crippen LogP contribution in [-0.4, -0.2) is 61.9 Å². The molecular formula is C25H30N8O. The molecule has 1 saturated carbocycles. The number of hydrogen-bond acceptors (Lipinski definition) is 8. The van der Waals surface area contributed by atoms with Gasteiger partial charge in [-0.1, -0.05) is 12.1 Å². The molecule has 1 aliphatic carbocycles. The SMILES string of the molecule is CO[C@H]1CC[C@H](Nc2nc(N3CCCC3)nc3cc(-c4nc5ccccc5nc4C)nn23)CC1. The van der Waals surface area contributed by atoms with Crippen LogP contribution in [0.3, 0.4) is 0 Å². The molecule has 2 fully saturated rings. The largest absolute Gasteiger partial charge is 0.381 e. The summed E-state index contributed by atoms with van der Waals surface area (Å²) in [4.78, 5) is 21.7. The number of aryl methyl sites for hydroxylation is 1. The fraction of sp³-hybridized carbons (Fsp3) is 0.480. The lowest BCUT2D eigenvalue weighted by Gasteiger charge is -2.28. The number of methoxy groups -OCH3 is 1. The van der Waals surface area contributed by atoms with Crippen LogP contribution in [0.4, 0.5) is 11.9 Å². The maximum absolute atomic E-state index is 5.55. The summed E-state index contributed by atoms with van der Waals surface area (Å²) < 4.78 is 7.38. The van der Waals surface area contributed by atoms with Gasteiger partial charge in [0.1, 0.15) is 11.4 Å². The molecule has 0 spiro atoms. The molecule has 0 radical (unpaired) electrons. The topological polar surface area (TPSA) is 93.4 Å². The predicted octanol–water partition coefficient (Wildman–Crippen LogP) is 4.01. The van der Waals surface area contributed by atoms with Crippen molar-refractivity contribution in [3.05, 3.63) is 36.0 Å². The second-order valence-electron chi connectivity index (χ2n) is 9.34. The average molecular weight is 459 g/mol. The second-order valence-corrected chi connectivity index (χ2v) is 9.34. The highest BCUT2D eigenvalue weighted by Crippen LogP contribution is 2.28. The first-order chi connectivity index (χ1) is 16.7. The minimum Gasteiger partial charge on any atom is -0.381 e. The van der Waals surface area contributed by atoms with E-state index in [4.69, 9.17) is 29.8 Å². The lowest BCUT2D eigenvalue weighted by Crippen LogP contribution is -2.31. The van der Waals surface area contributed by atoms with Crippen LogP contribution in [0.5, 0.6) is 0 Å². The molecule has 176 valence electrons. The monoisotopic (exact) mass is 458 g/mol. The molecule has 0 amide bonds. The standard InChI is InChI=1S/C25H30N8O/c1-16-23(28-20-8-4-3-7-19(20)26-16)21-15-22-29-24(32-13-5-6-14-32)30-25(33(22)31-21)27-17-9-11-18(34-2)12-10-17/h3-4,7-8,15,17-18H,5-6,9-14H2,1-2H3,(H,27,29,30)/t17-,18-. The van der Waals surface area contributed by atoms with Gasteiger partial charge in [0.15, 0.2) is 5.65 Å². The Morgan fingerprint density at radius 3 is 2.41 bits per heavy atom.